The van der Waals surface area contributed by atoms with E-state index in [1.807, 2.05) is 6.92 Å². The van der Waals surface area contributed by atoms with Crippen molar-refractivity contribution in [2.45, 2.75) is 51.3 Å². The zero-order chi connectivity index (χ0) is 11.5. The van der Waals surface area contributed by atoms with Gasteiger partial charge in [0.15, 0.2) is 9.84 Å². The quantitative estimate of drug-likeness (QED) is 0.726. The molecule has 4 heteroatoms. The van der Waals surface area contributed by atoms with Crippen LogP contribution in [0.3, 0.4) is 0 Å². The second kappa shape index (κ2) is 5.30. The molecule has 1 aliphatic rings. The minimum Gasteiger partial charge on any atom is -0.313 e. The van der Waals surface area contributed by atoms with Crippen LogP contribution in [0.25, 0.3) is 0 Å². The van der Waals surface area contributed by atoms with Crippen molar-refractivity contribution in [2.75, 3.05) is 12.3 Å². The maximum Gasteiger partial charge on any atom is 0.154 e. The first-order valence-corrected chi connectivity index (χ1v) is 7.64. The van der Waals surface area contributed by atoms with Gasteiger partial charge in [-0.1, -0.05) is 6.92 Å². The van der Waals surface area contributed by atoms with Gasteiger partial charge in [0.05, 0.1) is 11.0 Å². The van der Waals surface area contributed by atoms with E-state index in [2.05, 4.69) is 12.2 Å². The second-order valence-electron chi connectivity index (χ2n) is 4.67. The van der Waals surface area contributed by atoms with Gasteiger partial charge in [0.2, 0.25) is 0 Å². The molecule has 0 amide bonds. The van der Waals surface area contributed by atoms with Gasteiger partial charge < -0.3 is 5.32 Å². The molecule has 0 spiro atoms. The molecule has 3 nitrogen and oxygen atoms in total. The highest BCUT2D eigenvalue weighted by Crippen LogP contribution is 2.32. The monoisotopic (exact) mass is 233 g/mol. The Morgan fingerprint density at radius 1 is 1.33 bits per heavy atom. The van der Waals surface area contributed by atoms with Crippen LogP contribution >= 0.6 is 0 Å². The minimum atomic E-state index is -2.87. The average Bonchev–Trinajstić information content (AvgIpc) is 2.99. The standard InChI is InChI=1S/C11H23NO2S/c1-4-9(2)15(13,14)8-7-12-10(3)11-5-6-11/h9-12H,4-8H2,1-3H3. The summed E-state index contributed by atoms with van der Waals surface area (Å²) in [6.07, 6.45) is 3.30. The molecule has 0 aliphatic heterocycles. The fourth-order valence-electron chi connectivity index (χ4n) is 1.65. The van der Waals surface area contributed by atoms with Crippen molar-refractivity contribution in [3.05, 3.63) is 0 Å². The van der Waals surface area contributed by atoms with Crippen molar-refractivity contribution < 1.29 is 8.42 Å². The molecular formula is C11H23NO2S. The Labute approximate surface area is 93.6 Å². The molecule has 1 N–H and O–H groups in total. The molecule has 0 bridgehead atoms. The van der Waals surface area contributed by atoms with Crippen LogP contribution in [0.5, 0.6) is 0 Å². The summed E-state index contributed by atoms with van der Waals surface area (Å²) in [6.45, 7) is 6.46. The van der Waals surface area contributed by atoms with Gasteiger partial charge in [0, 0.05) is 12.6 Å². The molecule has 1 rings (SSSR count). The largest absolute Gasteiger partial charge is 0.313 e. The van der Waals surface area contributed by atoms with Crippen molar-refractivity contribution >= 4 is 9.84 Å². The molecule has 0 aromatic heterocycles. The van der Waals surface area contributed by atoms with Crippen LogP contribution in [-0.4, -0.2) is 32.0 Å². The molecular weight excluding hydrogens is 210 g/mol. The van der Waals surface area contributed by atoms with Crippen molar-refractivity contribution in [1.82, 2.24) is 5.32 Å². The molecule has 0 saturated heterocycles. The predicted molar refractivity (Wildman–Crippen MR) is 63.7 cm³/mol. The van der Waals surface area contributed by atoms with Gasteiger partial charge >= 0.3 is 0 Å². The number of sulfone groups is 1. The first kappa shape index (κ1) is 13.0. The van der Waals surface area contributed by atoms with E-state index in [1.54, 1.807) is 6.92 Å². The van der Waals surface area contributed by atoms with E-state index in [-0.39, 0.29) is 11.0 Å². The Hall–Kier alpha value is -0.0900. The van der Waals surface area contributed by atoms with E-state index >= 15 is 0 Å². The molecule has 0 radical (unpaired) electrons. The van der Waals surface area contributed by atoms with Gasteiger partial charge in [0.25, 0.3) is 0 Å². The Morgan fingerprint density at radius 2 is 1.93 bits per heavy atom. The molecule has 1 saturated carbocycles. The molecule has 0 aromatic carbocycles. The van der Waals surface area contributed by atoms with Gasteiger partial charge in [-0.2, -0.15) is 0 Å². The van der Waals surface area contributed by atoms with Crippen molar-refractivity contribution in [2.24, 2.45) is 5.92 Å². The molecule has 2 unspecified atom stereocenters. The van der Waals surface area contributed by atoms with Crippen molar-refractivity contribution in [1.29, 1.82) is 0 Å². The number of nitrogens with one attached hydrogen (secondary N) is 1. The normalized spacial score (nSPS) is 21.3. The summed E-state index contributed by atoms with van der Waals surface area (Å²) in [7, 11) is -2.87. The zero-order valence-electron chi connectivity index (χ0n) is 9.99. The summed E-state index contributed by atoms with van der Waals surface area (Å²) in [4.78, 5) is 0. The summed E-state index contributed by atoms with van der Waals surface area (Å²) in [6, 6.07) is 0.483. The van der Waals surface area contributed by atoms with Gasteiger partial charge in [-0.25, -0.2) is 8.42 Å². The highest BCUT2D eigenvalue weighted by atomic mass is 32.2. The fourth-order valence-corrected chi connectivity index (χ4v) is 2.96. The van der Waals surface area contributed by atoms with Crippen LogP contribution in [0, 0.1) is 5.92 Å². The van der Waals surface area contributed by atoms with Crippen LogP contribution in [-0.2, 0) is 9.84 Å². The van der Waals surface area contributed by atoms with Crippen LogP contribution in [0.1, 0.15) is 40.0 Å². The zero-order valence-corrected chi connectivity index (χ0v) is 10.8. The third-order valence-corrected chi connectivity index (χ3v) is 5.70. The van der Waals surface area contributed by atoms with E-state index < -0.39 is 9.84 Å². The topological polar surface area (TPSA) is 46.2 Å². The third-order valence-electron chi connectivity index (χ3n) is 3.37. The molecule has 2 atom stereocenters. The summed E-state index contributed by atoms with van der Waals surface area (Å²) < 4.78 is 23.4. The highest BCUT2D eigenvalue weighted by Gasteiger charge is 2.27. The Kier molecular flexibility index (Phi) is 4.59. The molecule has 1 aliphatic carbocycles. The fraction of sp³-hybridized carbons (Fsp3) is 1.00. The number of hydrogen-bond acceptors (Lipinski definition) is 3. The van der Waals surface area contributed by atoms with E-state index in [9.17, 15) is 8.42 Å². The molecule has 0 aromatic rings. The summed E-state index contributed by atoms with van der Waals surface area (Å²) >= 11 is 0. The lowest BCUT2D eigenvalue weighted by Gasteiger charge is -2.14. The number of hydrogen-bond donors (Lipinski definition) is 1. The van der Waals surface area contributed by atoms with Crippen LogP contribution in [0.4, 0.5) is 0 Å². The van der Waals surface area contributed by atoms with Crippen LogP contribution in [0.15, 0.2) is 0 Å². The average molecular weight is 233 g/mol. The maximum absolute atomic E-state index is 11.7. The lowest BCUT2D eigenvalue weighted by atomic mass is 10.2. The van der Waals surface area contributed by atoms with Crippen LogP contribution in [0.2, 0.25) is 0 Å². The van der Waals surface area contributed by atoms with Gasteiger partial charge in [-0.3, -0.25) is 0 Å². The highest BCUT2D eigenvalue weighted by molar-refractivity contribution is 7.92. The third kappa shape index (κ3) is 4.11. The minimum absolute atomic E-state index is 0.199. The van der Waals surface area contributed by atoms with Gasteiger partial charge in [-0.15, -0.1) is 0 Å². The smallest absolute Gasteiger partial charge is 0.154 e. The second-order valence-corrected chi connectivity index (χ2v) is 7.20. The Bertz CT molecular complexity index is 283. The molecule has 90 valence electrons. The van der Waals surface area contributed by atoms with Gasteiger partial charge in [-0.05, 0) is 39.0 Å². The lowest BCUT2D eigenvalue weighted by molar-refractivity contribution is 0.507. The maximum atomic E-state index is 11.7. The molecule has 1 fully saturated rings. The first-order chi connectivity index (χ1) is 6.97. The van der Waals surface area contributed by atoms with Gasteiger partial charge in [0.1, 0.15) is 0 Å². The number of rotatable bonds is 7. The lowest BCUT2D eigenvalue weighted by Crippen LogP contribution is -2.34. The Balaban J connectivity index is 2.23. The van der Waals surface area contributed by atoms with Crippen LogP contribution < -0.4 is 5.32 Å². The predicted octanol–water partition coefficient (Wildman–Crippen LogP) is 1.59. The van der Waals surface area contributed by atoms with Crippen molar-refractivity contribution in [3.63, 3.8) is 0 Å². The van der Waals surface area contributed by atoms with Crippen molar-refractivity contribution in [3.8, 4) is 0 Å². The molecule has 15 heavy (non-hydrogen) atoms. The molecule has 0 heterocycles. The van der Waals surface area contributed by atoms with E-state index in [0.29, 0.717) is 19.0 Å². The first-order valence-electron chi connectivity index (χ1n) is 5.92. The van der Waals surface area contributed by atoms with E-state index in [4.69, 9.17) is 0 Å². The summed E-state index contributed by atoms with van der Waals surface area (Å²) in [5.41, 5.74) is 0. The van der Waals surface area contributed by atoms with E-state index in [1.165, 1.54) is 12.8 Å². The summed E-state index contributed by atoms with van der Waals surface area (Å²) in [5.74, 6) is 1.07. The Morgan fingerprint density at radius 3 is 2.40 bits per heavy atom. The SMILES string of the molecule is CCC(C)S(=O)(=O)CCNC(C)C1CC1. The summed E-state index contributed by atoms with van der Waals surface area (Å²) in [5, 5.41) is 3.10. The van der Waals surface area contributed by atoms with E-state index in [0.717, 1.165) is 5.92 Å².